The van der Waals surface area contributed by atoms with Crippen LogP contribution in [0.3, 0.4) is 0 Å². The molecule has 0 bridgehead atoms. The van der Waals surface area contributed by atoms with Crippen molar-refractivity contribution in [1.29, 1.82) is 0 Å². The second kappa shape index (κ2) is 12.4. The number of nitrogens with one attached hydrogen (secondary N) is 2. The summed E-state index contributed by atoms with van der Waals surface area (Å²) in [6, 6.07) is 0. The third-order valence-electron chi connectivity index (χ3n) is 2.81. The van der Waals surface area contributed by atoms with Gasteiger partial charge >= 0.3 is 0 Å². The van der Waals surface area contributed by atoms with Crippen molar-refractivity contribution in [3.05, 3.63) is 0 Å². The molecule has 0 spiro atoms. The Hall–Kier alpha value is -1.06. The van der Waals surface area contributed by atoms with Crippen LogP contribution in [0.15, 0.2) is 0 Å². The minimum atomic E-state index is 0.0364. The van der Waals surface area contributed by atoms with E-state index in [1.54, 1.807) is 0 Å². The summed E-state index contributed by atoms with van der Waals surface area (Å²) < 4.78 is 0. The van der Waals surface area contributed by atoms with Gasteiger partial charge in [0.25, 0.3) is 0 Å². The number of carbonyl (C=O) groups is 2. The predicted molar refractivity (Wildman–Crippen MR) is 74.3 cm³/mol. The molecule has 106 valence electrons. The van der Waals surface area contributed by atoms with Gasteiger partial charge in [0.2, 0.25) is 11.8 Å². The molecule has 0 unspecified atom stereocenters. The fourth-order valence-electron chi connectivity index (χ4n) is 1.72. The van der Waals surface area contributed by atoms with Crippen molar-refractivity contribution in [2.24, 2.45) is 0 Å². The van der Waals surface area contributed by atoms with Crippen molar-refractivity contribution in [1.82, 2.24) is 10.6 Å². The zero-order valence-corrected chi connectivity index (χ0v) is 11.9. The molecule has 2 N–H and O–H groups in total. The van der Waals surface area contributed by atoms with Gasteiger partial charge in [0.15, 0.2) is 0 Å². The molecule has 18 heavy (non-hydrogen) atoms. The van der Waals surface area contributed by atoms with E-state index in [2.05, 4.69) is 17.6 Å². The van der Waals surface area contributed by atoms with Crippen molar-refractivity contribution in [3.63, 3.8) is 0 Å². The molecule has 0 aromatic carbocycles. The molecule has 2 amide bonds. The summed E-state index contributed by atoms with van der Waals surface area (Å²) in [6.07, 6.45) is 8.21. The Morgan fingerprint density at radius 2 is 1.44 bits per heavy atom. The smallest absolute Gasteiger partial charge is 0.219 e. The maximum atomic E-state index is 11.4. The Morgan fingerprint density at radius 1 is 0.833 bits per heavy atom. The number of hydrogen-bond acceptors (Lipinski definition) is 2. The van der Waals surface area contributed by atoms with E-state index in [0.29, 0.717) is 6.42 Å². The first-order valence-corrected chi connectivity index (χ1v) is 7.18. The van der Waals surface area contributed by atoms with Gasteiger partial charge in [0.1, 0.15) is 0 Å². The Kier molecular flexibility index (Phi) is 11.7. The highest BCUT2D eigenvalue weighted by Gasteiger charge is 1.99. The zero-order valence-electron chi connectivity index (χ0n) is 11.9. The monoisotopic (exact) mass is 256 g/mol. The highest BCUT2D eigenvalue weighted by atomic mass is 16.2. The minimum Gasteiger partial charge on any atom is -0.356 e. The van der Waals surface area contributed by atoms with Gasteiger partial charge in [-0.3, -0.25) is 9.59 Å². The molecule has 0 fully saturated rings. The Balaban J connectivity index is 3.15. The second-order valence-electron chi connectivity index (χ2n) is 4.70. The van der Waals surface area contributed by atoms with Gasteiger partial charge in [-0.05, 0) is 19.3 Å². The first-order chi connectivity index (χ1) is 8.66. The van der Waals surface area contributed by atoms with Crippen LogP contribution >= 0.6 is 0 Å². The Morgan fingerprint density at radius 3 is 2.00 bits per heavy atom. The normalized spacial score (nSPS) is 10.1. The van der Waals surface area contributed by atoms with Gasteiger partial charge in [-0.2, -0.15) is 0 Å². The molecule has 0 aromatic rings. The van der Waals surface area contributed by atoms with Crippen LogP contribution in [0.4, 0.5) is 0 Å². The first kappa shape index (κ1) is 16.9. The van der Waals surface area contributed by atoms with Crippen molar-refractivity contribution < 1.29 is 9.59 Å². The average Bonchev–Trinajstić information content (AvgIpc) is 2.32. The van der Waals surface area contributed by atoms with Crippen molar-refractivity contribution in [2.45, 2.75) is 65.2 Å². The highest BCUT2D eigenvalue weighted by Crippen LogP contribution is 2.00. The molecule has 0 aliphatic rings. The number of amides is 2. The first-order valence-electron chi connectivity index (χ1n) is 7.18. The van der Waals surface area contributed by atoms with E-state index in [-0.39, 0.29) is 11.8 Å². The summed E-state index contributed by atoms with van der Waals surface area (Å²) in [5.74, 6) is 0.219. The maximum absolute atomic E-state index is 11.4. The lowest BCUT2D eigenvalue weighted by Crippen LogP contribution is -2.24. The molecule has 0 heterocycles. The molecule has 0 atom stereocenters. The van der Waals surface area contributed by atoms with Crippen LogP contribution in [-0.2, 0) is 9.59 Å². The highest BCUT2D eigenvalue weighted by molar-refractivity contribution is 5.75. The summed E-state index contributed by atoms with van der Waals surface area (Å²) >= 11 is 0. The predicted octanol–water partition coefficient (Wildman–Crippen LogP) is 2.38. The van der Waals surface area contributed by atoms with Gasteiger partial charge in [-0.1, -0.05) is 32.6 Å². The summed E-state index contributed by atoms with van der Waals surface area (Å²) in [6.45, 7) is 5.22. The molecule has 0 saturated carbocycles. The zero-order chi connectivity index (χ0) is 13.6. The van der Waals surface area contributed by atoms with Crippen LogP contribution in [0.25, 0.3) is 0 Å². The SMILES string of the molecule is CCCCCC(=O)NCCCCCCNC(C)=O. The second-order valence-corrected chi connectivity index (χ2v) is 4.70. The van der Waals surface area contributed by atoms with E-state index >= 15 is 0 Å². The standard InChI is InChI=1S/C14H28N2O2/c1-3-4-7-10-14(18)16-12-9-6-5-8-11-15-13(2)17/h3-12H2,1-2H3,(H,15,17)(H,16,18). The van der Waals surface area contributed by atoms with Crippen LogP contribution < -0.4 is 10.6 Å². The fraction of sp³-hybridized carbons (Fsp3) is 0.857. The van der Waals surface area contributed by atoms with E-state index in [9.17, 15) is 9.59 Å². The van der Waals surface area contributed by atoms with Crippen LogP contribution in [-0.4, -0.2) is 24.9 Å². The topological polar surface area (TPSA) is 58.2 Å². The lowest BCUT2D eigenvalue weighted by molar-refractivity contribution is -0.121. The minimum absolute atomic E-state index is 0.0364. The number of hydrogen-bond donors (Lipinski definition) is 2. The summed E-state index contributed by atoms with van der Waals surface area (Å²) in [5.41, 5.74) is 0. The van der Waals surface area contributed by atoms with Crippen LogP contribution in [0.2, 0.25) is 0 Å². The molecule has 0 aliphatic carbocycles. The largest absolute Gasteiger partial charge is 0.356 e. The molecule has 4 nitrogen and oxygen atoms in total. The van der Waals surface area contributed by atoms with E-state index in [4.69, 9.17) is 0 Å². The Bertz CT molecular complexity index is 230. The third-order valence-corrected chi connectivity index (χ3v) is 2.81. The van der Waals surface area contributed by atoms with Crippen LogP contribution in [0, 0.1) is 0 Å². The van der Waals surface area contributed by atoms with Gasteiger partial charge < -0.3 is 10.6 Å². The van der Waals surface area contributed by atoms with E-state index in [1.165, 1.54) is 6.92 Å². The third kappa shape index (κ3) is 13.0. The molecule has 4 heteroatoms. The maximum Gasteiger partial charge on any atom is 0.219 e. The van der Waals surface area contributed by atoms with Gasteiger partial charge in [-0.15, -0.1) is 0 Å². The molecule has 0 aliphatic heterocycles. The van der Waals surface area contributed by atoms with Gasteiger partial charge in [0.05, 0.1) is 0 Å². The molecule has 0 saturated heterocycles. The average molecular weight is 256 g/mol. The molecule has 0 radical (unpaired) electrons. The summed E-state index contributed by atoms with van der Waals surface area (Å²) in [7, 11) is 0. The number of unbranched alkanes of at least 4 members (excludes halogenated alkanes) is 5. The van der Waals surface area contributed by atoms with E-state index in [1.807, 2.05) is 0 Å². The van der Waals surface area contributed by atoms with Crippen LogP contribution in [0.1, 0.15) is 65.2 Å². The molecular weight excluding hydrogens is 228 g/mol. The van der Waals surface area contributed by atoms with Gasteiger partial charge in [0, 0.05) is 26.4 Å². The van der Waals surface area contributed by atoms with Crippen molar-refractivity contribution in [2.75, 3.05) is 13.1 Å². The lowest BCUT2D eigenvalue weighted by Gasteiger charge is -2.05. The number of rotatable bonds is 11. The van der Waals surface area contributed by atoms with E-state index in [0.717, 1.165) is 58.0 Å². The quantitative estimate of drug-likeness (QED) is 0.558. The van der Waals surface area contributed by atoms with Crippen LogP contribution in [0.5, 0.6) is 0 Å². The summed E-state index contributed by atoms with van der Waals surface area (Å²) in [5, 5.41) is 5.72. The van der Waals surface area contributed by atoms with Crippen molar-refractivity contribution >= 4 is 11.8 Å². The van der Waals surface area contributed by atoms with Crippen molar-refractivity contribution in [3.8, 4) is 0 Å². The van der Waals surface area contributed by atoms with E-state index < -0.39 is 0 Å². The Labute approximate surface area is 111 Å². The lowest BCUT2D eigenvalue weighted by atomic mass is 10.2. The van der Waals surface area contributed by atoms with Gasteiger partial charge in [-0.25, -0.2) is 0 Å². The fourth-order valence-corrected chi connectivity index (χ4v) is 1.72. The molecular formula is C14H28N2O2. The molecule has 0 rings (SSSR count). The molecule has 0 aromatic heterocycles. The number of carbonyl (C=O) groups excluding carboxylic acids is 2. The summed E-state index contributed by atoms with van der Waals surface area (Å²) in [4.78, 5) is 22.0.